The Balaban J connectivity index is 1.74. The summed E-state index contributed by atoms with van der Waals surface area (Å²) in [7, 11) is 0. The number of hydrogen-bond donors (Lipinski definition) is 4. The fraction of sp³-hybridized carbons (Fsp3) is 0.632. The van der Waals surface area contributed by atoms with Crippen molar-refractivity contribution in [3.8, 4) is 0 Å². The minimum Gasteiger partial charge on any atom is -0.390 e. The second-order valence-electron chi connectivity index (χ2n) is 7.14. The minimum atomic E-state index is -1.08. The first-order valence-corrected chi connectivity index (χ1v) is 9.87. The van der Waals surface area contributed by atoms with Gasteiger partial charge in [0.05, 0.1) is 17.5 Å². The summed E-state index contributed by atoms with van der Waals surface area (Å²) in [6, 6.07) is 8.80. The van der Waals surface area contributed by atoms with Gasteiger partial charge in [-0.2, -0.15) is 0 Å². The third-order valence-electron chi connectivity index (χ3n) is 5.25. The molecule has 0 aliphatic carbocycles. The van der Waals surface area contributed by atoms with E-state index in [0.29, 0.717) is 26.1 Å². The Hall–Kier alpha value is -1.38. The summed E-state index contributed by atoms with van der Waals surface area (Å²) in [5.41, 5.74) is 0.985. The Morgan fingerprint density at radius 1 is 1.37 bits per heavy atom. The van der Waals surface area contributed by atoms with Crippen molar-refractivity contribution < 1.29 is 19.7 Å². The molecule has 0 bridgehead atoms. The van der Waals surface area contributed by atoms with Crippen LogP contribution in [0.3, 0.4) is 0 Å². The van der Waals surface area contributed by atoms with Crippen LogP contribution in [0.2, 0.25) is 0 Å². The van der Waals surface area contributed by atoms with E-state index in [-0.39, 0.29) is 5.91 Å². The van der Waals surface area contributed by atoms with E-state index in [1.54, 1.807) is 6.92 Å². The molecule has 0 radical (unpaired) electrons. The van der Waals surface area contributed by atoms with Crippen LogP contribution in [0.5, 0.6) is 0 Å². The van der Waals surface area contributed by atoms with Crippen LogP contribution in [0.4, 0.5) is 5.69 Å². The number of aliphatic hydroxyl groups is 2. The minimum absolute atomic E-state index is 0.181. The van der Waals surface area contributed by atoms with Gasteiger partial charge in [0.15, 0.2) is 0 Å². The van der Waals surface area contributed by atoms with Gasteiger partial charge in [-0.1, -0.05) is 18.2 Å². The highest BCUT2D eigenvalue weighted by Crippen LogP contribution is 2.23. The van der Waals surface area contributed by atoms with Crippen LogP contribution in [0.15, 0.2) is 30.3 Å². The van der Waals surface area contributed by atoms with Gasteiger partial charge < -0.3 is 30.5 Å². The molecule has 150 valence electrons. The molecule has 2 aliphatic rings. The Morgan fingerprint density at radius 2 is 2.11 bits per heavy atom. The zero-order valence-corrected chi connectivity index (χ0v) is 16.2. The second kappa shape index (κ2) is 9.21. The number of carbonyl (C=O) groups excluding carboxylic acids is 1. The number of nitrogens with zero attached hydrogens (tertiary/aromatic N) is 1. The van der Waals surface area contributed by atoms with Gasteiger partial charge >= 0.3 is 0 Å². The molecule has 8 heteroatoms. The number of piperazine rings is 1. The quantitative estimate of drug-likeness (QED) is 0.526. The van der Waals surface area contributed by atoms with Crippen LogP contribution in [0.25, 0.3) is 0 Å². The van der Waals surface area contributed by atoms with Crippen molar-refractivity contribution in [1.29, 1.82) is 0 Å². The molecule has 2 aliphatic heterocycles. The Kier molecular flexibility index (Phi) is 6.94. The zero-order chi connectivity index (χ0) is 19.4. The van der Waals surface area contributed by atoms with Gasteiger partial charge in [-0.05, 0) is 25.5 Å². The molecule has 0 aromatic heterocycles. The van der Waals surface area contributed by atoms with Crippen LogP contribution in [0.1, 0.15) is 13.3 Å². The van der Waals surface area contributed by atoms with Crippen LogP contribution in [-0.2, 0) is 9.53 Å². The molecule has 27 heavy (non-hydrogen) atoms. The normalized spacial score (nSPS) is 31.2. The molecule has 1 aromatic carbocycles. The van der Waals surface area contributed by atoms with Crippen molar-refractivity contribution >= 4 is 23.2 Å². The molecule has 6 atom stereocenters. The van der Waals surface area contributed by atoms with E-state index < -0.39 is 35.8 Å². The molecule has 2 fully saturated rings. The first kappa shape index (κ1) is 20.4. The molecular formula is C19H28ClN3O4. The summed E-state index contributed by atoms with van der Waals surface area (Å²) in [6.07, 6.45) is -2.34. The van der Waals surface area contributed by atoms with Crippen molar-refractivity contribution in [1.82, 2.24) is 10.6 Å². The van der Waals surface area contributed by atoms with Gasteiger partial charge in [-0.3, -0.25) is 4.79 Å². The highest BCUT2D eigenvalue weighted by Gasteiger charge is 2.41. The number of carbonyl (C=O) groups is 1. The number of anilines is 1. The summed E-state index contributed by atoms with van der Waals surface area (Å²) in [5, 5.41) is 26.0. The predicted molar refractivity (Wildman–Crippen MR) is 104 cm³/mol. The van der Waals surface area contributed by atoms with Crippen molar-refractivity contribution in [3.05, 3.63) is 30.3 Å². The van der Waals surface area contributed by atoms with Gasteiger partial charge in [0, 0.05) is 31.9 Å². The van der Waals surface area contributed by atoms with Gasteiger partial charge in [0.25, 0.3) is 0 Å². The smallest absolute Gasteiger partial charge is 0.244 e. The molecule has 7 nitrogen and oxygen atoms in total. The Bertz CT molecular complexity index is 618. The number of ether oxygens (including phenoxy) is 1. The summed E-state index contributed by atoms with van der Waals surface area (Å²) in [6.45, 7) is 4.09. The van der Waals surface area contributed by atoms with Crippen LogP contribution < -0.4 is 15.5 Å². The Morgan fingerprint density at radius 3 is 2.81 bits per heavy atom. The molecule has 4 N–H and O–H groups in total. The van der Waals surface area contributed by atoms with E-state index in [0.717, 1.165) is 12.2 Å². The highest BCUT2D eigenvalue weighted by atomic mass is 35.5. The van der Waals surface area contributed by atoms with Gasteiger partial charge in [-0.15, -0.1) is 11.6 Å². The maximum atomic E-state index is 13.1. The lowest BCUT2D eigenvalue weighted by Gasteiger charge is -2.41. The standard InChI is InChI=1S/C19H28ClN3O4/c1-12(20)16(18-17(25)15(24)7-10-27-18)22-19(26)14-11-21-8-9-23(14)13-5-3-2-4-6-13/h2-6,12,14-18,21,24-25H,7-11H2,1H3,(H,22,26). The number of aliphatic hydroxyl groups excluding tert-OH is 2. The lowest BCUT2D eigenvalue weighted by Crippen LogP contribution is -2.64. The number of alkyl halides is 1. The highest BCUT2D eigenvalue weighted by molar-refractivity contribution is 6.21. The summed E-state index contributed by atoms with van der Waals surface area (Å²) >= 11 is 6.31. The van der Waals surface area contributed by atoms with Crippen LogP contribution in [-0.4, -0.2) is 78.1 Å². The number of nitrogens with one attached hydrogen (secondary N) is 2. The van der Waals surface area contributed by atoms with E-state index in [1.165, 1.54) is 0 Å². The average molecular weight is 398 g/mol. The van der Waals surface area contributed by atoms with Crippen molar-refractivity contribution in [2.75, 3.05) is 31.1 Å². The lowest BCUT2D eigenvalue weighted by atomic mass is 9.94. The number of para-hydroxylation sites is 1. The largest absolute Gasteiger partial charge is 0.390 e. The van der Waals surface area contributed by atoms with Gasteiger partial charge in [0.2, 0.25) is 5.91 Å². The van der Waals surface area contributed by atoms with E-state index in [2.05, 4.69) is 15.5 Å². The van der Waals surface area contributed by atoms with E-state index in [4.69, 9.17) is 16.3 Å². The van der Waals surface area contributed by atoms with Crippen LogP contribution >= 0.6 is 11.6 Å². The summed E-state index contributed by atoms with van der Waals surface area (Å²) in [5.74, 6) is -0.181. The first-order valence-electron chi connectivity index (χ1n) is 9.43. The number of hydrogen-bond acceptors (Lipinski definition) is 6. The number of benzene rings is 1. The molecule has 2 saturated heterocycles. The molecule has 1 amide bonds. The third kappa shape index (κ3) is 4.73. The maximum absolute atomic E-state index is 13.1. The monoisotopic (exact) mass is 397 g/mol. The topological polar surface area (TPSA) is 94.1 Å². The van der Waals surface area contributed by atoms with Gasteiger partial charge in [-0.25, -0.2) is 0 Å². The fourth-order valence-corrected chi connectivity index (χ4v) is 3.92. The number of amides is 1. The molecular weight excluding hydrogens is 370 g/mol. The average Bonchev–Trinajstić information content (AvgIpc) is 2.69. The fourth-order valence-electron chi connectivity index (χ4n) is 3.72. The zero-order valence-electron chi connectivity index (χ0n) is 15.4. The molecule has 0 spiro atoms. The summed E-state index contributed by atoms with van der Waals surface area (Å²) in [4.78, 5) is 15.1. The van der Waals surface area contributed by atoms with Crippen molar-refractivity contribution in [2.24, 2.45) is 0 Å². The van der Waals surface area contributed by atoms with E-state index >= 15 is 0 Å². The molecule has 2 heterocycles. The third-order valence-corrected chi connectivity index (χ3v) is 5.52. The summed E-state index contributed by atoms with van der Waals surface area (Å²) < 4.78 is 5.65. The molecule has 1 aromatic rings. The second-order valence-corrected chi connectivity index (χ2v) is 7.83. The van der Waals surface area contributed by atoms with Crippen LogP contribution in [0, 0.1) is 0 Å². The predicted octanol–water partition coefficient (Wildman–Crippen LogP) is 0.0876. The SMILES string of the molecule is CC(Cl)C(NC(=O)C1CNCCN1c1ccccc1)C1OCCC(O)C1O. The Labute approximate surface area is 164 Å². The first-order chi connectivity index (χ1) is 13.0. The molecule has 0 saturated carbocycles. The maximum Gasteiger partial charge on any atom is 0.244 e. The number of rotatable bonds is 5. The van der Waals surface area contributed by atoms with Crippen molar-refractivity contribution in [2.45, 2.75) is 49.1 Å². The lowest BCUT2D eigenvalue weighted by molar-refractivity contribution is -0.149. The van der Waals surface area contributed by atoms with E-state index in [1.807, 2.05) is 30.3 Å². The number of halogens is 1. The van der Waals surface area contributed by atoms with E-state index in [9.17, 15) is 15.0 Å². The van der Waals surface area contributed by atoms with Crippen molar-refractivity contribution in [3.63, 3.8) is 0 Å². The molecule has 6 unspecified atom stereocenters. The van der Waals surface area contributed by atoms with Gasteiger partial charge in [0.1, 0.15) is 18.2 Å². The molecule has 3 rings (SSSR count).